The molecular weight excluding hydrogens is 386 g/mol. The van der Waals surface area contributed by atoms with Crippen molar-refractivity contribution in [2.75, 3.05) is 19.7 Å². The summed E-state index contributed by atoms with van der Waals surface area (Å²) in [6.07, 6.45) is 4.74. The second-order valence-electron chi connectivity index (χ2n) is 8.57. The Morgan fingerprint density at radius 3 is 2.65 bits per heavy atom. The van der Waals surface area contributed by atoms with E-state index in [2.05, 4.69) is 48.7 Å². The molecule has 0 bridgehead atoms. The average molecular weight is 420 g/mol. The second kappa shape index (κ2) is 9.99. The first-order chi connectivity index (χ1) is 15.2. The number of benzene rings is 2. The van der Waals surface area contributed by atoms with E-state index in [-0.39, 0.29) is 11.8 Å². The van der Waals surface area contributed by atoms with Crippen LogP contribution in [0.25, 0.3) is 11.0 Å². The third kappa shape index (κ3) is 5.09. The molecule has 5 nitrogen and oxygen atoms in total. The summed E-state index contributed by atoms with van der Waals surface area (Å²) in [5.74, 6) is 2.44. The van der Waals surface area contributed by atoms with Gasteiger partial charge in [0.1, 0.15) is 11.6 Å². The van der Waals surface area contributed by atoms with Crippen LogP contribution in [-0.2, 0) is 11.3 Å². The highest BCUT2D eigenvalue weighted by molar-refractivity contribution is 5.80. The first kappa shape index (κ1) is 21.4. The largest absolute Gasteiger partial charge is 0.494 e. The Bertz CT molecular complexity index is 1010. The molecule has 2 heterocycles. The van der Waals surface area contributed by atoms with E-state index in [0.29, 0.717) is 13.0 Å². The van der Waals surface area contributed by atoms with E-state index in [9.17, 15) is 4.79 Å². The van der Waals surface area contributed by atoms with Crippen LogP contribution in [0.2, 0.25) is 0 Å². The molecule has 4 rings (SSSR count). The molecule has 0 spiro atoms. The van der Waals surface area contributed by atoms with Crippen LogP contribution < -0.4 is 4.74 Å². The molecule has 5 heteroatoms. The molecule has 3 aromatic rings. The number of fused-ring (bicyclic) bond motifs is 1. The van der Waals surface area contributed by atoms with Crippen molar-refractivity contribution in [3.05, 3.63) is 59.9 Å². The van der Waals surface area contributed by atoms with Crippen molar-refractivity contribution >= 4 is 16.9 Å². The molecule has 31 heavy (non-hydrogen) atoms. The molecule has 1 aliphatic heterocycles. The third-order valence-corrected chi connectivity index (χ3v) is 6.11. The van der Waals surface area contributed by atoms with Crippen molar-refractivity contribution in [3.8, 4) is 5.75 Å². The highest BCUT2D eigenvalue weighted by Gasteiger charge is 2.33. The third-order valence-electron chi connectivity index (χ3n) is 6.11. The van der Waals surface area contributed by atoms with E-state index >= 15 is 0 Å². The fourth-order valence-corrected chi connectivity index (χ4v) is 4.35. The number of rotatable bonds is 10. The number of hydrogen-bond donors (Lipinski definition) is 0. The molecule has 1 fully saturated rings. The SMILES string of the molecule is CCCCN1CC(c2nc3ccccc3n2CCCCOc2ccc(C)cc2)CC1=O. The monoisotopic (exact) mass is 419 g/mol. The Morgan fingerprint density at radius 2 is 1.84 bits per heavy atom. The van der Waals surface area contributed by atoms with Crippen LogP contribution in [0, 0.1) is 6.92 Å². The zero-order valence-electron chi connectivity index (χ0n) is 18.7. The predicted molar refractivity (Wildman–Crippen MR) is 124 cm³/mol. The van der Waals surface area contributed by atoms with Gasteiger partial charge in [0.2, 0.25) is 5.91 Å². The molecule has 1 saturated heterocycles. The molecule has 0 N–H and O–H groups in total. The van der Waals surface area contributed by atoms with E-state index < -0.39 is 0 Å². The summed E-state index contributed by atoms with van der Waals surface area (Å²) < 4.78 is 8.22. The summed E-state index contributed by atoms with van der Waals surface area (Å²) in [5, 5.41) is 0. The summed E-state index contributed by atoms with van der Waals surface area (Å²) in [4.78, 5) is 19.5. The standard InChI is InChI=1S/C26H33N3O2/c1-3-4-15-28-19-21(18-25(28)30)26-27-23-9-5-6-10-24(23)29(26)16-7-8-17-31-22-13-11-20(2)12-14-22/h5-6,9-14,21H,3-4,7-8,15-19H2,1-2H3. The van der Waals surface area contributed by atoms with Crippen LogP contribution in [0.15, 0.2) is 48.5 Å². The summed E-state index contributed by atoms with van der Waals surface area (Å²) >= 11 is 0. The van der Waals surface area contributed by atoms with Crippen molar-refractivity contribution in [2.24, 2.45) is 0 Å². The van der Waals surface area contributed by atoms with E-state index in [4.69, 9.17) is 9.72 Å². The van der Waals surface area contributed by atoms with Crippen molar-refractivity contribution in [1.82, 2.24) is 14.5 Å². The second-order valence-corrected chi connectivity index (χ2v) is 8.57. The number of aryl methyl sites for hydroxylation is 2. The van der Waals surface area contributed by atoms with Gasteiger partial charge in [0.15, 0.2) is 0 Å². The van der Waals surface area contributed by atoms with Crippen LogP contribution in [0.4, 0.5) is 0 Å². The molecule has 1 aromatic heterocycles. The van der Waals surface area contributed by atoms with Crippen molar-refractivity contribution in [1.29, 1.82) is 0 Å². The maximum atomic E-state index is 12.5. The number of carbonyl (C=O) groups excluding carboxylic acids is 1. The number of amides is 1. The van der Waals surface area contributed by atoms with Crippen LogP contribution in [0.5, 0.6) is 5.75 Å². The smallest absolute Gasteiger partial charge is 0.223 e. The normalized spacial score (nSPS) is 16.4. The Labute approximate surface area is 185 Å². The van der Waals surface area contributed by atoms with Gasteiger partial charge in [-0.05, 0) is 50.5 Å². The number of aromatic nitrogens is 2. The van der Waals surface area contributed by atoms with Gasteiger partial charge in [-0.25, -0.2) is 4.98 Å². The number of carbonyl (C=O) groups is 1. The summed E-state index contributed by atoms with van der Waals surface area (Å²) in [5.41, 5.74) is 3.43. The van der Waals surface area contributed by atoms with Crippen LogP contribution in [0.1, 0.15) is 56.3 Å². The van der Waals surface area contributed by atoms with Crippen molar-refractivity contribution in [3.63, 3.8) is 0 Å². The zero-order chi connectivity index (χ0) is 21.6. The fourth-order valence-electron chi connectivity index (χ4n) is 4.35. The number of hydrogen-bond acceptors (Lipinski definition) is 3. The Balaban J connectivity index is 1.41. The lowest BCUT2D eigenvalue weighted by atomic mass is 10.1. The summed E-state index contributed by atoms with van der Waals surface area (Å²) in [6.45, 7) is 7.50. The minimum absolute atomic E-state index is 0.181. The minimum atomic E-state index is 0.181. The van der Waals surface area contributed by atoms with Crippen LogP contribution in [0.3, 0.4) is 0 Å². The number of para-hydroxylation sites is 2. The summed E-state index contributed by atoms with van der Waals surface area (Å²) in [7, 11) is 0. The molecular formula is C26H33N3O2. The van der Waals surface area contributed by atoms with Crippen molar-refractivity contribution < 1.29 is 9.53 Å². The molecule has 1 aliphatic rings. The Hall–Kier alpha value is -2.82. The van der Waals surface area contributed by atoms with Gasteiger partial charge in [0.05, 0.1) is 17.6 Å². The fraction of sp³-hybridized carbons (Fsp3) is 0.462. The number of likely N-dealkylation sites (tertiary alicyclic amines) is 1. The van der Waals surface area contributed by atoms with Crippen LogP contribution >= 0.6 is 0 Å². The van der Waals surface area contributed by atoms with Gasteiger partial charge in [0.25, 0.3) is 0 Å². The number of nitrogens with zero attached hydrogens (tertiary/aromatic N) is 3. The van der Waals surface area contributed by atoms with Gasteiger partial charge in [-0.2, -0.15) is 0 Å². The van der Waals surface area contributed by atoms with Gasteiger partial charge >= 0.3 is 0 Å². The lowest BCUT2D eigenvalue weighted by Gasteiger charge is -2.17. The van der Waals surface area contributed by atoms with Gasteiger partial charge in [-0.15, -0.1) is 0 Å². The van der Waals surface area contributed by atoms with Crippen molar-refractivity contribution in [2.45, 2.75) is 58.4 Å². The Kier molecular flexibility index (Phi) is 6.90. The first-order valence-electron chi connectivity index (χ1n) is 11.6. The number of ether oxygens (including phenoxy) is 1. The number of imidazole rings is 1. The maximum Gasteiger partial charge on any atom is 0.223 e. The lowest BCUT2D eigenvalue weighted by Crippen LogP contribution is -2.26. The number of unbranched alkanes of at least 4 members (excludes halogenated alkanes) is 2. The molecule has 164 valence electrons. The first-order valence-corrected chi connectivity index (χ1v) is 11.6. The van der Waals surface area contributed by atoms with Gasteiger partial charge in [-0.3, -0.25) is 4.79 Å². The highest BCUT2D eigenvalue weighted by atomic mass is 16.5. The van der Waals surface area contributed by atoms with E-state index in [0.717, 1.165) is 67.9 Å². The van der Waals surface area contributed by atoms with E-state index in [1.165, 1.54) is 5.56 Å². The quantitative estimate of drug-likeness (QED) is 0.418. The summed E-state index contributed by atoms with van der Waals surface area (Å²) in [6, 6.07) is 16.5. The molecule has 0 aliphatic carbocycles. The van der Waals surface area contributed by atoms with Crippen LogP contribution in [-0.4, -0.2) is 40.1 Å². The Morgan fingerprint density at radius 1 is 1.03 bits per heavy atom. The predicted octanol–water partition coefficient (Wildman–Crippen LogP) is 5.32. The molecule has 1 atom stereocenters. The molecule has 1 amide bonds. The topological polar surface area (TPSA) is 47.4 Å². The minimum Gasteiger partial charge on any atom is -0.494 e. The van der Waals surface area contributed by atoms with E-state index in [1.54, 1.807) is 0 Å². The highest BCUT2D eigenvalue weighted by Crippen LogP contribution is 2.31. The van der Waals surface area contributed by atoms with Gasteiger partial charge in [0, 0.05) is 32.0 Å². The average Bonchev–Trinajstić information content (AvgIpc) is 3.33. The maximum absolute atomic E-state index is 12.5. The lowest BCUT2D eigenvalue weighted by molar-refractivity contribution is -0.127. The zero-order valence-corrected chi connectivity index (χ0v) is 18.7. The van der Waals surface area contributed by atoms with Gasteiger partial charge < -0.3 is 14.2 Å². The molecule has 1 unspecified atom stereocenters. The van der Waals surface area contributed by atoms with Gasteiger partial charge in [-0.1, -0.05) is 43.2 Å². The molecule has 0 saturated carbocycles. The van der Waals surface area contributed by atoms with E-state index in [1.807, 2.05) is 23.1 Å². The molecule has 0 radical (unpaired) electrons. The molecule has 2 aromatic carbocycles.